The van der Waals surface area contributed by atoms with Crippen molar-refractivity contribution in [2.75, 3.05) is 34.3 Å². The van der Waals surface area contributed by atoms with E-state index in [2.05, 4.69) is 11.8 Å². The van der Waals surface area contributed by atoms with Crippen molar-refractivity contribution in [2.24, 2.45) is 23.7 Å². The van der Waals surface area contributed by atoms with Crippen LogP contribution in [0, 0.1) is 23.7 Å². The molecule has 3 heterocycles. The molecule has 14 heteroatoms. The van der Waals surface area contributed by atoms with Crippen molar-refractivity contribution in [2.45, 2.75) is 217 Å². The van der Waals surface area contributed by atoms with E-state index in [1.807, 2.05) is 46.7 Å². The summed E-state index contributed by atoms with van der Waals surface area (Å²) in [5.74, 6) is -2.12. The third-order valence-electron chi connectivity index (χ3n) is 14.3. The SMILES string of the molecule is CC[C@H]1OC(=O)[C@H](C)[C@@H](O[C@H]2C[C@@](C)(OC)[C@@H](O)[C@H](C)O2)[C@H](C)[C@@H](O[C@@H]2O[C@H](C)C[C@H](N(C)C)[C@H]2O)[C@](C)(O)C[C@@H](C)CN(CC2CCCCC2)[C@H](C)[C@@H](O)[C@]1(C)O. The Morgan fingerprint density at radius 2 is 1.53 bits per heavy atom. The van der Waals surface area contributed by atoms with Crippen molar-refractivity contribution in [1.29, 1.82) is 0 Å². The summed E-state index contributed by atoms with van der Waals surface area (Å²) in [6.45, 7) is 19.3. The van der Waals surface area contributed by atoms with Crippen molar-refractivity contribution in [3.8, 4) is 0 Å². The van der Waals surface area contributed by atoms with Crippen molar-refractivity contribution in [1.82, 2.24) is 9.80 Å². The van der Waals surface area contributed by atoms with E-state index in [0.717, 1.165) is 32.2 Å². The molecule has 4 aliphatic rings. The molecule has 0 unspecified atom stereocenters. The topological polar surface area (TPSA) is 180 Å². The van der Waals surface area contributed by atoms with Gasteiger partial charge in [-0.25, -0.2) is 0 Å². The molecule has 0 radical (unpaired) electrons. The molecule has 14 nitrogen and oxygen atoms in total. The molecule has 0 aromatic heterocycles. The van der Waals surface area contributed by atoms with Gasteiger partial charge in [-0.2, -0.15) is 0 Å². The first-order chi connectivity index (χ1) is 27.0. The summed E-state index contributed by atoms with van der Waals surface area (Å²) in [7, 11) is 5.32. The van der Waals surface area contributed by atoms with Crippen LogP contribution >= 0.6 is 0 Å². The van der Waals surface area contributed by atoms with Gasteiger partial charge in [0.1, 0.15) is 30.0 Å². The van der Waals surface area contributed by atoms with E-state index in [0.29, 0.717) is 18.9 Å². The van der Waals surface area contributed by atoms with Crippen LogP contribution in [0.15, 0.2) is 0 Å². The zero-order chi connectivity index (χ0) is 43.5. The number of carbonyl (C=O) groups excluding carboxylic acids is 1. The maximum atomic E-state index is 14.5. The number of hydrogen-bond acceptors (Lipinski definition) is 14. The van der Waals surface area contributed by atoms with Crippen LogP contribution in [-0.2, 0) is 33.2 Å². The molecule has 0 aromatic rings. The first-order valence-electron chi connectivity index (χ1n) is 22.2. The van der Waals surface area contributed by atoms with Gasteiger partial charge < -0.3 is 58.9 Å². The van der Waals surface area contributed by atoms with E-state index in [4.69, 9.17) is 28.4 Å². The normalized spacial score (nSPS) is 47.6. The first-order valence-corrected chi connectivity index (χ1v) is 22.2. The predicted molar refractivity (Wildman–Crippen MR) is 220 cm³/mol. The summed E-state index contributed by atoms with van der Waals surface area (Å²) in [5, 5.41) is 59.6. The molecule has 0 bridgehead atoms. The Kier molecular flexibility index (Phi) is 17.5. The Bertz CT molecular complexity index is 1280. The van der Waals surface area contributed by atoms with Gasteiger partial charge in [-0.05, 0) is 107 Å². The number of cyclic esters (lactones) is 1. The van der Waals surface area contributed by atoms with Crippen LogP contribution in [0.2, 0.25) is 0 Å². The minimum Gasteiger partial charge on any atom is -0.459 e. The van der Waals surface area contributed by atoms with E-state index in [-0.39, 0.29) is 37.3 Å². The van der Waals surface area contributed by atoms with Crippen LogP contribution in [0.1, 0.15) is 127 Å². The highest BCUT2D eigenvalue weighted by molar-refractivity contribution is 5.73. The minimum atomic E-state index is -1.80. The highest BCUT2D eigenvalue weighted by Crippen LogP contribution is 2.40. The van der Waals surface area contributed by atoms with Crippen LogP contribution in [0.3, 0.4) is 0 Å². The molecule has 0 amide bonds. The summed E-state index contributed by atoms with van der Waals surface area (Å²) in [6, 6.07) is -0.778. The number of hydrogen-bond donors (Lipinski definition) is 5. The number of carbonyl (C=O) groups is 1. The number of nitrogens with zero attached hydrogens (tertiary/aromatic N) is 2. The largest absolute Gasteiger partial charge is 0.459 e. The second-order valence-electron chi connectivity index (χ2n) is 19.7. The van der Waals surface area contributed by atoms with Gasteiger partial charge in [0.05, 0.1) is 41.5 Å². The van der Waals surface area contributed by atoms with E-state index in [1.165, 1.54) is 20.5 Å². The van der Waals surface area contributed by atoms with Crippen molar-refractivity contribution in [3.63, 3.8) is 0 Å². The number of methoxy groups -OCH3 is 1. The number of ether oxygens (including phenoxy) is 6. The fraction of sp³-hybridized carbons (Fsp3) is 0.977. The van der Waals surface area contributed by atoms with Crippen LogP contribution in [-0.4, -0.2) is 166 Å². The van der Waals surface area contributed by atoms with Gasteiger partial charge in [0, 0.05) is 44.6 Å². The highest BCUT2D eigenvalue weighted by Gasteiger charge is 2.53. The van der Waals surface area contributed by atoms with Gasteiger partial charge >= 0.3 is 5.97 Å². The molecule has 3 saturated heterocycles. The number of aliphatic hydroxyl groups excluding tert-OH is 3. The second-order valence-corrected chi connectivity index (χ2v) is 19.7. The monoisotopic (exact) mass is 831 g/mol. The molecular formula is C44H82N2O12. The molecule has 5 N–H and O–H groups in total. The number of likely N-dealkylation sites (N-methyl/N-ethyl adjacent to an activating group) is 1. The lowest BCUT2D eigenvalue weighted by atomic mass is 9.77. The summed E-state index contributed by atoms with van der Waals surface area (Å²) in [4.78, 5) is 18.6. The number of esters is 1. The molecule has 340 valence electrons. The number of rotatable bonds is 9. The molecule has 3 aliphatic heterocycles. The van der Waals surface area contributed by atoms with Crippen LogP contribution < -0.4 is 0 Å². The predicted octanol–water partition coefficient (Wildman–Crippen LogP) is 3.85. The Morgan fingerprint density at radius 1 is 0.897 bits per heavy atom. The fourth-order valence-electron chi connectivity index (χ4n) is 10.5. The summed E-state index contributed by atoms with van der Waals surface area (Å²) < 4.78 is 38.1. The summed E-state index contributed by atoms with van der Waals surface area (Å²) in [6.07, 6.45) is -2.43. The lowest BCUT2D eigenvalue weighted by Gasteiger charge is -2.49. The molecule has 4 rings (SSSR count). The Hall–Kier alpha value is -1.01. The molecule has 0 aromatic carbocycles. The minimum absolute atomic E-state index is 0.129. The Balaban J connectivity index is 1.83. The van der Waals surface area contributed by atoms with Gasteiger partial charge in [-0.3, -0.25) is 9.69 Å². The average Bonchev–Trinajstić information content (AvgIpc) is 3.16. The van der Waals surface area contributed by atoms with E-state index < -0.39 is 96.0 Å². The average molecular weight is 831 g/mol. The summed E-state index contributed by atoms with van der Waals surface area (Å²) in [5.41, 5.74) is -4.38. The molecule has 18 atom stereocenters. The molecule has 4 fully saturated rings. The van der Waals surface area contributed by atoms with Crippen LogP contribution in [0.25, 0.3) is 0 Å². The zero-order valence-corrected chi connectivity index (χ0v) is 38.0. The maximum absolute atomic E-state index is 14.5. The molecule has 1 saturated carbocycles. The van der Waals surface area contributed by atoms with Gasteiger partial charge in [0.15, 0.2) is 12.6 Å². The van der Waals surface area contributed by atoms with Gasteiger partial charge in [-0.15, -0.1) is 0 Å². The first kappa shape index (κ1) is 49.6. The van der Waals surface area contributed by atoms with Gasteiger partial charge in [-0.1, -0.05) is 40.0 Å². The lowest BCUT2D eigenvalue weighted by Crippen LogP contribution is -2.60. The maximum Gasteiger partial charge on any atom is 0.311 e. The molecule has 1 aliphatic carbocycles. The molecular weight excluding hydrogens is 748 g/mol. The van der Waals surface area contributed by atoms with E-state index in [1.54, 1.807) is 27.7 Å². The van der Waals surface area contributed by atoms with Gasteiger partial charge in [0.25, 0.3) is 0 Å². The second kappa shape index (κ2) is 20.4. The third-order valence-corrected chi connectivity index (χ3v) is 14.3. The Labute approximate surface area is 349 Å². The van der Waals surface area contributed by atoms with Crippen molar-refractivity contribution >= 4 is 5.97 Å². The zero-order valence-electron chi connectivity index (χ0n) is 38.0. The molecule has 0 spiro atoms. The van der Waals surface area contributed by atoms with Gasteiger partial charge in [0.2, 0.25) is 0 Å². The van der Waals surface area contributed by atoms with Crippen LogP contribution in [0.4, 0.5) is 0 Å². The molecule has 58 heavy (non-hydrogen) atoms. The number of aliphatic hydroxyl groups is 5. The highest BCUT2D eigenvalue weighted by atomic mass is 16.7. The fourth-order valence-corrected chi connectivity index (χ4v) is 10.5. The Morgan fingerprint density at radius 3 is 2.12 bits per heavy atom. The summed E-state index contributed by atoms with van der Waals surface area (Å²) >= 11 is 0. The van der Waals surface area contributed by atoms with Crippen molar-refractivity contribution in [3.05, 3.63) is 0 Å². The quantitative estimate of drug-likeness (QED) is 0.212. The third kappa shape index (κ3) is 11.5. The smallest absolute Gasteiger partial charge is 0.311 e. The lowest BCUT2D eigenvalue weighted by molar-refractivity contribution is -0.318. The van der Waals surface area contributed by atoms with Crippen molar-refractivity contribution < 1.29 is 58.7 Å². The van der Waals surface area contributed by atoms with E-state index >= 15 is 0 Å². The van der Waals surface area contributed by atoms with E-state index in [9.17, 15) is 30.3 Å². The van der Waals surface area contributed by atoms with Crippen LogP contribution in [0.5, 0.6) is 0 Å². The standard InChI is InChI=1S/C44H82N2O12/c1-14-33-44(10,52)37(48)29(6)46(24-31-18-16-15-17-19-31)23-25(2)21-42(8,51)39(58-41-35(47)32(45(11)12)20-26(3)54-41)27(4)36(28(5)40(50)56-33)57-34-22-43(9,53-13)38(49)30(7)55-34/h25-39,41,47-49,51-52H,14-24H2,1-13H3/t25-,26-,27+,28-,29-,30+,32+,33-,34+,35-,36+,37-,38+,39-,41+,42-,43-,44-/m1/s1.